The number of esters is 1. The number of hydrogen-bond acceptors (Lipinski definition) is 8. The number of anilines is 2. The average Bonchev–Trinajstić information content (AvgIpc) is 2.91. The van der Waals surface area contributed by atoms with Crippen LogP contribution in [0, 0.1) is 13.8 Å². The van der Waals surface area contributed by atoms with Gasteiger partial charge in [-0.1, -0.05) is 23.8 Å². The van der Waals surface area contributed by atoms with E-state index in [0.717, 1.165) is 9.87 Å². The van der Waals surface area contributed by atoms with Crippen LogP contribution in [0.3, 0.4) is 0 Å². The van der Waals surface area contributed by atoms with E-state index in [2.05, 4.69) is 5.32 Å². The van der Waals surface area contributed by atoms with Gasteiger partial charge >= 0.3 is 5.97 Å². The summed E-state index contributed by atoms with van der Waals surface area (Å²) in [5, 5.41) is 2.61. The number of nitrogens with one attached hydrogen (secondary N) is 1. The Bertz CT molecular complexity index is 1440. The van der Waals surface area contributed by atoms with Gasteiger partial charge in [-0.05, 0) is 43.7 Å². The van der Waals surface area contributed by atoms with Gasteiger partial charge in [0.2, 0.25) is 5.91 Å². The summed E-state index contributed by atoms with van der Waals surface area (Å²) in [6.07, 6.45) is 0. The van der Waals surface area contributed by atoms with E-state index in [0.29, 0.717) is 5.56 Å². The standard InChI is InChI=1S/C27H30N2O8S/c1-17-7-10-19(11-8-17)29(38(32,33)25-13-18(2)9-12-22(25)34-3)16-26(30)28-21-15-24(36-5)23(35-4)14-20(21)27(31)37-6/h7-15H,16H2,1-6H3,(H,28,30). The quantitative estimate of drug-likeness (QED) is 0.383. The Morgan fingerprint density at radius 3 is 1.95 bits per heavy atom. The number of rotatable bonds is 10. The molecule has 0 unspecified atom stereocenters. The minimum absolute atomic E-state index is 0.00333. The Kier molecular flexibility index (Phi) is 8.84. The second-order valence-corrected chi connectivity index (χ2v) is 10.1. The number of sulfonamides is 1. The van der Waals surface area contributed by atoms with Crippen molar-refractivity contribution in [2.75, 3.05) is 44.6 Å². The molecule has 0 aromatic heterocycles. The molecule has 0 atom stereocenters. The first-order valence-electron chi connectivity index (χ1n) is 11.4. The molecule has 0 aliphatic heterocycles. The summed E-state index contributed by atoms with van der Waals surface area (Å²) in [7, 11) is 1.12. The third-order valence-corrected chi connectivity index (χ3v) is 7.49. The van der Waals surface area contributed by atoms with Crippen molar-refractivity contribution in [2.24, 2.45) is 0 Å². The number of amides is 1. The summed E-state index contributed by atoms with van der Waals surface area (Å²) in [4.78, 5) is 25.6. The van der Waals surface area contributed by atoms with Crippen LogP contribution in [0.5, 0.6) is 17.2 Å². The second kappa shape index (κ2) is 11.9. The predicted octanol–water partition coefficient (Wildman–Crippen LogP) is 3.95. The normalized spacial score (nSPS) is 10.9. The molecule has 1 amide bonds. The van der Waals surface area contributed by atoms with E-state index < -0.39 is 28.4 Å². The molecule has 1 N–H and O–H groups in total. The van der Waals surface area contributed by atoms with Crippen LogP contribution in [-0.2, 0) is 19.6 Å². The molecule has 202 valence electrons. The Hall–Kier alpha value is -4.25. The van der Waals surface area contributed by atoms with Gasteiger partial charge in [0.15, 0.2) is 11.5 Å². The molecular formula is C27H30N2O8S. The lowest BCUT2D eigenvalue weighted by Gasteiger charge is -2.25. The fourth-order valence-corrected chi connectivity index (χ4v) is 5.38. The Morgan fingerprint density at radius 1 is 0.789 bits per heavy atom. The van der Waals surface area contributed by atoms with Gasteiger partial charge in [0, 0.05) is 12.1 Å². The lowest BCUT2D eigenvalue weighted by atomic mass is 10.1. The minimum Gasteiger partial charge on any atom is -0.495 e. The number of benzene rings is 3. The lowest BCUT2D eigenvalue weighted by Crippen LogP contribution is -2.38. The van der Waals surface area contributed by atoms with Crippen molar-refractivity contribution in [3.8, 4) is 17.2 Å². The number of methoxy groups -OCH3 is 4. The summed E-state index contributed by atoms with van der Waals surface area (Å²) in [6, 6.07) is 14.2. The SMILES string of the molecule is COC(=O)c1cc(OC)c(OC)cc1NC(=O)CN(c1ccc(C)cc1)S(=O)(=O)c1cc(C)ccc1OC. The number of carbonyl (C=O) groups excluding carboxylic acids is 2. The zero-order valence-electron chi connectivity index (χ0n) is 22.0. The van der Waals surface area contributed by atoms with Crippen molar-refractivity contribution in [3.63, 3.8) is 0 Å². The van der Waals surface area contributed by atoms with Crippen LogP contribution in [0.1, 0.15) is 21.5 Å². The molecule has 3 aromatic carbocycles. The number of hydrogen-bond donors (Lipinski definition) is 1. The number of aryl methyl sites for hydroxylation is 2. The van der Waals surface area contributed by atoms with Gasteiger partial charge in [-0.25, -0.2) is 13.2 Å². The molecule has 0 radical (unpaired) electrons. The average molecular weight is 543 g/mol. The van der Waals surface area contributed by atoms with E-state index in [4.69, 9.17) is 18.9 Å². The monoisotopic (exact) mass is 542 g/mol. The highest BCUT2D eigenvalue weighted by Gasteiger charge is 2.31. The predicted molar refractivity (Wildman–Crippen MR) is 143 cm³/mol. The summed E-state index contributed by atoms with van der Waals surface area (Å²) >= 11 is 0. The molecule has 0 aliphatic carbocycles. The number of carbonyl (C=O) groups is 2. The second-order valence-electron chi connectivity index (χ2n) is 8.29. The van der Waals surface area contributed by atoms with Gasteiger partial charge < -0.3 is 24.3 Å². The van der Waals surface area contributed by atoms with Gasteiger partial charge in [-0.15, -0.1) is 0 Å². The van der Waals surface area contributed by atoms with Gasteiger partial charge in [-0.3, -0.25) is 9.10 Å². The lowest BCUT2D eigenvalue weighted by molar-refractivity contribution is -0.114. The molecular weight excluding hydrogens is 512 g/mol. The molecule has 0 spiro atoms. The van der Waals surface area contributed by atoms with Gasteiger partial charge in [0.1, 0.15) is 17.2 Å². The molecule has 0 saturated carbocycles. The van der Waals surface area contributed by atoms with Gasteiger partial charge in [0.05, 0.1) is 45.4 Å². The third kappa shape index (κ3) is 6.00. The fourth-order valence-electron chi connectivity index (χ4n) is 3.71. The molecule has 38 heavy (non-hydrogen) atoms. The summed E-state index contributed by atoms with van der Waals surface area (Å²) in [5.41, 5.74) is 1.95. The topological polar surface area (TPSA) is 120 Å². The third-order valence-electron chi connectivity index (χ3n) is 5.70. The number of nitrogens with zero attached hydrogens (tertiary/aromatic N) is 1. The number of ether oxygens (including phenoxy) is 4. The van der Waals surface area contributed by atoms with Crippen molar-refractivity contribution in [3.05, 3.63) is 71.3 Å². The van der Waals surface area contributed by atoms with Crippen LogP contribution in [0.25, 0.3) is 0 Å². The van der Waals surface area contributed by atoms with Crippen LogP contribution >= 0.6 is 0 Å². The molecule has 0 heterocycles. The Morgan fingerprint density at radius 2 is 1.37 bits per heavy atom. The fraction of sp³-hybridized carbons (Fsp3) is 0.259. The van der Waals surface area contributed by atoms with E-state index in [9.17, 15) is 18.0 Å². The van der Waals surface area contributed by atoms with Crippen molar-refractivity contribution in [1.29, 1.82) is 0 Å². The van der Waals surface area contributed by atoms with Crippen LogP contribution in [0.2, 0.25) is 0 Å². The van der Waals surface area contributed by atoms with E-state index >= 15 is 0 Å². The largest absolute Gasteiger partial charge is 0.495 e. The molecule has 0 fully saturated rings. The minimum atomic E-state index is -4.26. The Balaban J connectivity index is 2.07. The molecule has 11 heteroatoms. The van der Waals surface area contributed by atoms with Crippen LogP contribution in [0.4, 0.5) is 11.4 Å². The highest BCUT2D eigenvalue weighted by Crippen LogP contribution is 2.34. The van der Waals surface area contributed by atoms with Crippen molar-refractivity contribution in [1.82, 2.24) is 0 Å². The smallest absolute Gasteiger partial charge is 0.340 e. The van der Waals surface area contributed by atoms with E-state index in [1.807, 2.05) is 6.92 Å². The van der Waals surface area contributed by atoms with Crippen LogP contribution in [0.15, 0.2) is 59.5 Å². The maximum Gasteiger partial charge on any atom is 0.340 e. The van der Waals surface area contributed by atoms with Gasteiger partial charge in [-0.2, -0.15) is 0 Å². The highest BCUT2D eigenvalue weighted by molar-refractivity contribution is 7.93. The summed E-state index contributed by atoms with van der Waals surface area (Å²) in [5.74, 6) is -0.794. The summed E-state index contributed by atoms with van der Waals surface area (Å²) < 4.78 is 49.5. The molecule has 10 nitrogen and oxygen atoms in total. The molecule has 0 aliphatic rings. The Labute approximate surface area is 222 Å². The van der Waals surface area contributed by atoms with Crippen LogP contribution in [-0.4, -0.2) is 55.3 Å². The van der Waals surface area contributed by atoms with E-state index in [-0.39, 0.29) is 39.1 Å². The highest BCUT2D eigenvalue weighted by atomic mass is 32.2. The zero-order valence-corrected chi connectivity index (χ0v) is 22.8. The maximum absolute atomic E-state index is 13.9. The molecule has 0 bridgehead atoms. The first-order chi connectivity index (χ1) is 18.0. The molecule has 3 aromatic rings. The van der Waals surface area contributed by atoms with Gasteiger partial charge in [0.25, 0.3) is 10.0 Å². The van der Waals surface area contributed by atoms with Crippen LogP contribution < -0.4 is 23.8 Å². The van der Waals surface area contributed by atoms with Crippen molar-refractivity contribution in [2.45, 2.75) is 18.7 Å². The zero-order chi connectivity index (χ0) is 28.0. The molecule has 0 saturated heterocycles. The van der Waals surface area contributed by atoms with Crippen molar-refractivity contribution < 1.29 is 37.0 Å². The maximum atomic E-state index is 13.9. The van der Waals surface area contributed by atoms with E-state index in [1.165, 1.54) is 46.6 Å². The van der Waals surface area contributed by atoms with Crippen molar-refractivity contribution >= 4 is 33.3 Å². The summed E-state index contributed by atoms with van der Waals surface area (Å²) in [6.45, 7) is 3.02. The van der Waals surface area contributed by atoms with E-state index in [1.54, 1.807) is 43.3 Å². The first kappa shape index (κ1) is 28.3. The first-order valence-corrected chi connectivity index (χ1v) is 12.9. The molecule has 3 rings (SSSR count).